The molecule has 6 heteroatoms. The second-order valence-electron chi connectivity index (χ2n) is 6.13. The van der Waals surface area contributed by atoms with E-state index in [0.717, 1.165) is 0 Å². The minimum Gasteiger partial charge on any atom is -0.463 e. The van der Waals surface area contributed by atoms with Crippen LogP contribution in [0.15, 0.2) is 0 Å². The standard InChI is InChI=1S/C14H28O6/c1-6-13(2,3)12(17)18-9-10-20-19-8-7-14(4,5)11(15)16/h11,15-16H,6-10H2,1-5H3. The molecular weight excluding hydrogens is 264 g/mol. The summed E-state index contributed by atoms with van der Waals surface area (Å²) in [5.41, 5.74) is -1.14. The number of hydrogen-bond donors (Lipinski definition) is 2. The molecule has 0 aromatic heterocycles. The van der Waals surface area contributed by atoms with E-state index in [1.54, 1.807) is 13.8 Å². The van der Waals surface area contributed by atoms with Crippen molar-refractivity contribution in [3.63, 3.8) is 0 Å². The average Bonchev–Trinajstić information content (AvgIpc) is 2.36. The highest BCUT2D eigenvalue weighted by Gasteiger charge is 2.27. The van der Waals surface area contributed by atoms with Gasteiger partial charge in [0.25, 0.3) is 0 Å². The molecule has 6 nitrogen and oxygen atoms in total. The summed E-state index contributed by atoms with van der Waals surface area (Å²) in [6.45, 7) is 9.54. The molecule has 0 rings (SSSR count). The Labute approximate surface area is 121 Å². The topological polar surface area (TPSA) is 85.2 Å². The van der Waals surface area contributed by atoms with Gasteiger partial charge < -0.3 is 14.9 Å². The molecule has 2 N–H and O–H groups in total. The molecule has 0 aliphatic heterocycles. The molecule has 0 bridgehead atoms. The van der Waals surface area contributed by atoms with E-state index in [1.165, 1.54) is 0 Å². The van der Waals surface area contributed by atoms with Crippen LogP contribution in [0.4, 0.5) is 0 Å². The lowest BCUT2D eigenvalue weighted by Gasteiger charge is -2.25. The third-order valence-electron chi connectivity index (χ3n) is 3.45. The molecule has 0 unspecified atom stereocenters. The van der Waals surface area contributed by atoms with Gasteiger partial charge in [-0.2, -0.15) is 0 Å². The Hall–Kier alpha value is -0.690. The second kappa shape index (κ2) is 8.56. The Morgan fingerprint density at radius 2 is 1.60 bits per heavy atom. The van der Waals surface area contributed by atoms with Crippen LogP contribution in [0.3, 0.4) is 0 Å². The van der Waals surface area contributed by atoms with Crippen molar-refractivity contribution in [3.05, 3.63) is 0 Å². The zero-order valence-corrected chi connectivity index (χ0v) is 13.1. The van der Waals surface area contributed by atoms with Crippen molar-refractivity contribution in [2.45, 2.75) is 53.8 Å². The lowest BCUT2D eigenvalue weighted by atomic mass is 9.89. The molecule has 0 spiro atoms. The first-order chi connectivity index (χ1) is 9.13. The molecule has 0 atom stereocenters. The highest BCUT2D eigenvalue weighted by atomic mass is 17.2. The predicted molar refractivity (Wildman–Crippen MR) is 73.6 cm³/mol. The fourth-order valence-corrected chi connectivity index (χ4v) is 1.06. The smallest absolute Gasteiger partial charge is 0.311 e. The van der Waals surface area contributed by atoms with E-state index in [9.17, 15) is 4.79 Å². The Kier molecular flexibility index (Phi) is 8.27. The molecule has 0 heterocycles. The van der Waals surface area contributed by atoms with Gasteiger partial charge in [0.2, 0.25) is 0 Å². The van der Waals surface area contributed by atoms with Crippen LogP contribution < -0.4 is 0 Å². The average molecular weight is 292 g/mol. The summed E-state index contributed by atoms with van der Waals surface area (Å²) in [6, 6.07) is 0. The number of ether oxygens (including phenoxy) is 1. The summed E-state index contributed by atoms with van der Waals surface area (Å²) in [6.07, 6.45) is -0.252. The van der Waals surface area contributed by atoms with E-state index in [4.69, 9.17) is 24.7 Å². The Bertz CT molecular complexity index is 285. The lowest BCUT2D eigenvalue weighted by molar-refractivity contribution is -0.303. The molecule has 0 fully saturated rings. The van der Waals surface area contributed by atoms with Crippen molar-refractivity contribution in [2.75, 3.05) is 19.8 Å². The van der Waals surface area contributed by atoms with Gasteiger partial charge in [-0.1, -0.05) is 20.8 Å². The fourth-order valence-electron chi connectivity index (χ4n) is 1.06. The molecule has 120 valence electrons. The highest BCUT2D eigenvalue weighted by Crippen LogP contribution is 2.23. The zero-order valence-electron chi connectivity index (χ0n) is 13.1. The summed E-state index contributed by atoms with van der Waals surface area (Å²) in [4.78, 5) is 21.4. The Morgan fingerprint density at radius 1 is 1.05 bits per heavy atom. The van der Waals surface area contributed by atoms with Crippen molar-refractivity contribution < 1.29 is 29.5 Å². The van der Waals surface area contributed by atoms with E-state index < -0.39 is 17.1 Å². The first-order valence-corrected chi connectivity index (χ1v) is 6.91. The lowest BCUT2D eigenvalue weighted by Crippen LogP contribution is -2.30. The molecule has 0 aliphatic rings. The van der Waals surface area contributed by atoms with Crippen molar-refractivity contribution in [2.24, 2.45) is 10.8 Å². The van der Waals surface area contributed by atoms with E-state index in [1.807, 2.05) is 20.8 Å². The van der Waals surface area contributed by atoms with Crippen LogP contribution in [0, 0.1) is 10.8 Å². The molecule has 0 aromatic carbocycles. The summed E-state index contributed by atoms with van der Waals surface area (Å²) < 4.78 is 5.06. The highest BCUT2D eigenvalue weighted by molar-refractivity contribution is 5.75. The molecule has 0 aliphatic carbocycles. The van der Waals surface area contributed by atoms with E-state index >= 15 is 0 Å². The zero-order chi connectivity index (χ0) is 15.8. The fraction of sp³-hybridized carbons (Fsp3) is 0.929. The third kappa shape index (κ3) is 7.19. The van der Waals surface area contributed by atoms with Crippen LogP contribution in [-0.4, -0.2) is 42.3 Å². The predicted octanol–water partition coefficient (Wildman–Crippen LogP) is 1.64. The Morgan fingerprint density at radius 3 is 2.10 bits per heavy atom. The van der Waals surface area contributed by atoms with Crippen molar-refractivity contribution in [3.8, 4) is 0 Å². The quantitative estimate of drug-likeness (QED) is 0.209. The van der Waals surface area contributed by atoms with Gasteiger partial charge in [0.15, 0.2) is 6.29 Å². The maximum Gasteiger partial charge on any atom is 0.311 e. The van der Waals surface area contributed by atoms with Gasteiger partial charge in [-0.05, 0) is 26.7 Å². The summed E-state index contributed by atoms with van der Waals surface area (Å²) in [5.74, 6) is -0.256. The minimum atomic E-state index is -1.40. The van der Waals surface area contributed by atoms with Gasteiger partial charge in [0, 0.05) is 5.41 Å². The number of esters is 1. The largest absolute Gasteiger partial charge is 0.463 e. The van der Waals surface area contributed by atoms with Crippen LogP contribution in [0.25, 0.3) is 0 Å². The number of aliphatic hydroxyl groups excluding tert-OH is 1. The van der Waals surface area contributed by atoms with Crippen LogP contribution in [0.2, 0.25) is 0 Å². The molecule has 0 saturated carbocycles. The maximum atomic E-state index is 11.6. The first kappa shape index (κ1) is 19.3. The van der Waals surface area contributed by atoms with Gasteiger partial charge in [0.05, 0.1) is 12.0 Å². The Balaban J connectivity index is 3.63. The van der Waals surface area contributed by atoms with Crippen LogP contribution in [0.5, 0.6) is 0 Å². The molecule has 0 amide bonds. The molecule has 0 saturated heterocycles. The van der Waals surface area contributed by atoms with Crippen molar-refractivity contribution in [1.29, 1.82) is 0 Å². The maximum absolute atomic E-state index is 11.6. The van der Waals surface area contributed by atoms with Gasteiger partial charge in [-0.15, -0.1) is 0 Å². The molecule has 0 radical (unpaired) electrons. The number of carbonyl (C=O) groups is 1. The summed E-state index contributed by atoms with van der Waals surface area (Å²) in [7, 11) is 0. The second-order valence-corrected chi connectivity index (χ2v) is 6.13. The number of hydrogen-bond acceptors (Lipinski definition) is 6. The van der Waals surface area contributed by atoms with E-state index in [-0.39, 0.29) is 25.8 Å². The van der Waals surface area contributed by atoms with Crippen LogP contribution in [0.1, 0.15) is 47.5 Å². The van der Waals surface area contributed by atoms with Gasteiger partial charge >= 0.3 is 5.97 Å². The summed E-state index contributed by atoms with van der Waals surface area (Å²) >= 11 is 0. The van der Waals surface area contributed by atoms with Gasteiger partial charge in [0.1, 0.15) is 13.2 Å². The van der Waals surface area contributed by atoms with Gasteiger partial charge in [-0.3, -0.25) is 4.79 Å². The normalized spacial score (nSPS) is 12.8. The first-order valence-electron chi connectivity index (χ1n) is 6.91. The van der Waals surface area contributed by atoms with Crippen molar-refractivity contribution >= 4 is 5.97 Å². The monoisotopic (exact) mass is 292 g/mol. The van der Waals surface area contributed by atoms with E-state index in [0.29, 0.717) is 12.8 Å². The molecule has 0 aromatic rings. The number of aliphatic hydroxyl groups is 2. The molecule has 20 heavy (non-hydrogen) atoms. The minimum absolute atomic E-state index is 0.133. The molecular formula is C14H28O6. The number of carbonyl (C=O) groups excluding carboxylic acids is 1. The summed E-state index contributed by atoms with van der Waals surface area (Å²) in [5, 5.41) is 18.2. The van der Waals surface area contributed by atoms with Crippen molar-refractivity contribution in [1.82, 2.24) is 0 Å². The third-order valence-corrected chi connectivity index (χ3v) is 3.45. The van der Waals surface area contributed by atoms with E-state index in [2.05, 4.69) is 0 Å². The SMILES string of the molecule is CCC(C)(C)C(=O)OCCOOCCC(C)(C)C(O)O. The van der Waals surface area contributed by atoms with Gasteiger partial charge in [-0.25, -0.2) is 9.78 Å². The number of rotatable bonds is 10. The van der Waals surface area contributed by atoms with Crippen LogP contribution in [-0.2, 0) is 19.3 Å². The van der Waals surface area contributed by atoms with Crippen LogP contribution >= 0.6 is 0 Å².